The third-order valence-corrected chi connectivity index (χ3v) is 10.8. The van der Waals surface area contributed by atoms with E-state index in [1.54, 1.807) is 0 Å². The molecule has 0 spiro atoms. The summed E-state index contributed by atoms with van der Waals surface area (Å²) in [6.07, 6.45) is 3.01. The summed E-state index contributed by atoms with van der Waals surface area (Å²) in [6.45, 7) is 21.5. The summed E-state index contributed by atoms with van der Waals surface area (Å²) in [5.41, 5.74) is 1.32. The number of nitrogens with zero attached hydrogens (tertiary/aromatic N) is 2. The van der Waals surface area contributed by atoms with Gasteiger partial charge < -0.3 is 29.6 Å². The van der Waals surface area contributed by atoms with E-state index >= 15 is 0 Å². The largest absolute Gasteiger partial charge is 0.444 e. The van der Waals surface area contributed by atoms with E-state index in [1.165, 1.54) is 5.56 Å². The number of hydrogen-bond acceptors (Lipinski definition) is 6. The monoisotopic (exact) mass is 736 g/mol. The van der Waals surface area contributed by atoms with E-state index < -0.39 is 32.4 Å². The fourth-order valence-electron chi connectivity index (χ4n) is 6.93. The van der Waals surface area contributed by atoms with Gasteiger partial charge in [0.25, 0.3) is 5.91 Å². The van der Waals surface area contributed by atoms with Gasteiger partial charge >= 0.3 is 6.09 Å². The van der Waals surface area contributed by atoms with Gasteiger partial charge in [0.2, 0.25) is 5.91 Å². The first-order valence-corrected chi connectivity index (χ1v) is 22.0. The van der Waals surface area contributed by atoms with E-state index in [1.807, 2.05) is 69.9 Å². The lowest BCUT2D eigenvalue weighted by Gasteiger charge is -2.40. The fourth-order valence-corrected chi connectivity index (χ4v) is 8.14. The van der Waals surface area contributed by atoms with Gasteiger partial charge in [0, 0.05) is 31.6 Å². The zero-order valence-electron chi connectivity index (χ0n) is 34.2. The molecule has 290 valence electrons. The molecule has 1 heterocycles. The maximum atomic E-state index is 15.0. The Bertz CT molecular complexity index is 1430. The van der Waals surface area contributed by atoms with Gasteiger partial charge in [-0.3, -0.25) is 9.59 Å². The molecule has 0 saturated carbocycles. The van der Waals surface area contributed by atoms with Crippen molar-refractivity contribution in [1.82, 2.24) is 20.4 Å². The standard InChI is InChI=1S/C42H68N4O5Si/c1-30(2)36(37(47)46-26-23-35(24-27-46)45(9)10)44-38(48)42(51-52(11)12,29-32-18-20-33(21-19-32)40(3,4)5)25-22-34(28-31-16-14-13-15-17-31)43-39(49)50-41(6,7)8/h13-21,30,34-36,52H,22-29H2,1-12H3,(H,43,49)(H,44,48). The van der Waals surface area contributed by atoms with Crippen molar-refractivity contribution < 1.29 is 23.5 Å². The van der Waals surface area contributed by atoms with Crippen LogP contribution in [0.3, 0.4) is 0 Å². The van der Waals surface area contributed by atoms with Gasteiger partial charge in [-0.1, -0.05) is 89.2 Å². The summed E-state index contributed by atoms with van der Waals surface area (Å²) < 4.78 is 12.6. The topological polar surface area (TPSA) is 100 Å². The van der Waals surface area contributed by atoms with E-state index in [0.717, 1.165) is 24.0 Å². The van der Waals surface area contributed by atoms with Crippen molar-refractivity contribution in [2.24, 2.45) is 5.92 Å². The zero-order chi connectivity index (χ0) is 38.9. The van der Waals surface area contributed by atoms with Gasteiger partial charge in [0.15, 0.2) is 9.04 Å². The Kier molecular flexibility index (Phi) is 15.5. The molecule has 3 amide bonds. The quantitative estimate of drug-likeness (QED) is 0.194. The van der Waals surface area contributed by atoms with Crippen molar-refractivity contribution in [3.05, 3.63) is 71.3 Å². The van der Waals surface area contributed by atoms with E-state index in [-0.39, 0.29) is 29.2 Å². The number of hydrogen-bond donors (Lipinski definition) is 2. The minimum absolute atomic E-state index is 0.0157. The molecule has 3 rings (SSSR count). The van der Waals surface area contributed by atoms with E-state index in [4.69, 9.17) is 9.16 Å². The fraction of sp³-hybridized carbons (Fsp3) is 0.643. The molecule has 2 N–H and O–H groups in total. The minimum atomic E-state index is -1.83. The third kappa shape index (κ3) is 13.3. The SMILES string of the molecule is CC(C)C(NC(=O)C(CCC(Cc1ccccc1)NC(=O)OC(C)(C)C)(Cc1ccc(C(C)(C)C)cc1)O[SiH](C)C)C(=O)N1CCC(N(C)C)CC1. The van der Waals surface area contributed by atoms with Crippen LogP contribution >= 0.6 is 0 Å². The van der Waals surface area contributed by atoms with Crippen molar-refractivity contribution in [3.8, 4) is 0 Å². The van der Waals surface area contributed by atoms with E-state index in [9.17, 15) is 14.4 Å². The highest BCUT2D eigenvalue weighted by molar-refractivity contribution is 6.48. The molecule has 0 aromatic heterocycles. The van der Waals surface area contributed by atoms with Crippen molar-refractivity contribution >= 4 is 26.9 Å². The van der Waals surface area contributed by atoms with Crippen LogP contribution in [0.1, 0.15) is 97.8 Å². The van der Waals surface area contributed by atoms with Crippen LogP contribution in [-0.4, -0.2) is 93.3 Å². The smallest absolute Gasteiger partial charge is 0.407 e. The molecule has 2 aromatic rings. The van der Waals surface area contributed by atoms with E-state index in [0.29, 0.717) is 44.8 Å². The Labute approximate surface area is 316 Å². The average Bonchev–Trinajstić information content (AvgIpc) is 3.04. The maximum absolute atomic E-state index is 15.0. The third-order valence-electron chi connectivity index (χ3n) is 9.85. The molecule has 10 heteroatoms. The van der Waals surface area contributed by atoms with Crippen LogP contribution in [0.4, 0.5) is 4.79 Å². The molecule has 1 saturated heterocycles. The Morgan fingerprint density at radius 3 is 1.98 bits per heavy atom. The number of piperidine rings is 1. The van der Waals surface area contributed by atoms with Gasteiger partial charge in [-0.25, -0.2) is 4.79 Å². The molecule has 1 aliphatic heterocycles. The number of benzene rings is 2. The molecule has 0 aliphatic carbocycles. The number of carbonyl (C=O) groups is 3. The zero-order valence-corrected chi connectivity index (χ0v) is 35.3. The molecule has 0 bridgehead atoms. The molecular weight excluding hydrogens is 669 g/mol. The predicted molar refractivity (Wildman–Crippen MR) is 214 cm³/mol. The van der Waals surface area contributed by atoms with Crippen molar-refractivity contribution in [1.29, 1.82) is 0 Å². The summed E-state index contributed by atoms with van der Waals surface area (Å²) >= 11 is 0. The molecule has 1 fully saturated rings. The molecular formula is C42H68N4O5Si. The van der Waals surface area contributed by atoms with Crippen molar-refractivity contribution in [3.63, 3.8) is 0 Å². The number of amides is 3. The van der Waals surface area contributed by atoms with Gasteiger partial charge in [0.1, 0.15) is 17.2 Å². The Hall–Kier alpha value is -3.21. The number of nitrogens with one attached hydrogen (secondary N) is 2. The van der Waals surface area contributed by atoms with Crippen molar-refractivity contribution in [2.45, 2.75) is 142 Å². The Morgan fingerprint density at radius 2 is 1.48 bits per heavy atom. The first-order valence-electron chi connectivity index (χ1n) is 19.3. The second-order valence-corrected chi connectivity index (χ2v) is 19.9. The van der Waals surface area contributed by atoms with Gasteiger partial charge in [0.05, 0.1) is 0 Å². The van der Waals surface area contributed by atoms with Crippen LogP contribution in [0.5, 0.6) is 0 Å². The second-order valence-electron chi connectivity index (χ2n) is 17.6. The molecule has 3 unspecified atom stereocenters. The summed E-state index contributed by atoms with van der Waals surface area (Å²) in [6, 6.07) is 17.9. The first kappa shape index (κ1) is 43.2. The van der Waals surface area contributed by atoms with Crippen LogP contribution < -0.4 is 10.6 Å². The number of rotatable bonds is 15. The number of alkyl carbamates (subject to hydrolysis) is 1. The number of ether oxygens (including phenoxy) is 1. The van der Waals surface area contributed by atoms with Crippen LogP contribution in [0, 0.1) is 5.92 Å². The lowest BCUT2D eigenvalue weighted by atomic mass is 9.83. The molecule has 0 radical (unpaired) electrons. The van der Waals surface area contributed by atoms with Crippen LogP contribution in [0.15, 0.2) is 54.6 Å². The van der Waals surface area contributed by atoms with Gasteiger partial charge in [-0.2, -0.15) is 0 Å². The van der Waals surface area contributed by atoms with Gasteiger partial charge in [-0.05, 0) is 108 Å². The normalized spacial score (nSPS) is 16.8. The summed E-state index contributed by atoms with van der Waals surface area (Å²) in [4.78, 5) is 46.3. The highest BCUT2D eigenvalue weighted by Crippen LogP contribution is 2.30. The highest BCUT2D eigenvalue weighted by Gasteiger charge is 2.43. The molecule has 9 nitrogen and oxygen atoms in total. The van der Waals surface area contributed by atoms with Crippen molar-refractivity contribution in [2.75, 3.05) is 27.2 Å². The minimum Gasteiger partial charge on any atom is -0.444 e. The Morgan fingerprint density at radius 1 is 0.885 bits per heavy atom. The number of likely N-dealkylation sites (tertiary alicyclic amines) is 1. The summed E-state index contributed by atoms with van der Waals surface area (Å²) in [7, 11) is 2.34. The van der Waals surface area contributed by atoms with Crippen LogP contribution in [0.2, 0.25) is 13.1 Å². The summed E-state index contributed by atoms with van der Waals surface area (Å²) in [5, 5.41) is 6.34. The van der Waals surface area contributed by atoms with Crippen LogP contribution in [0.25, 0.3) is 0 Å². The number of carbonyl (C=O) groups excluding carboxylic acids is 3. The molecule has 3 atom stereocenters. The first-order chi connectivity index (χ1) is 24.2. The Balaban J connectivity index is 2.00. The van der Waals surface area contributed by atoms with Crippen LogP contribution in [-0.2, 0) is 37.0 Å². The summed E-state index contributed by atoms with van der Waals surface area (Å²) in [5.74, 6) is -0.443. The van der Waals surface area contributed by atoms with E-state index in [2.05, 4.69) is 87.8 Å². The van der Waals surface area contributed by atoms with Gasteiger partial charge in [-0.15, -0.1) is 0 Å². The molecule has 2 aromatic carbocycles. The maximum Gasteiger partial charge on any atom is 0.407 e. The lowest BCUT2D eigenvalue weighted by molar-refractivity contribution is -0.145. The molecule has 52 heavy (non-hydrogen) atoms. The predicted octanol–water partition coefficient (Wildman–Crippen LogP) is 6.88. The lowest BCUT2D eigenvalue weighted by Crippen LogP contribution is -2.60. The second kappa shape index (κ2) is 18.7. The molecule has 1 aliphatic rings. The average molecular weight is 737 g/mol. The highest BCUT2D eigenvalue weighted by atomic mass is 28.3.